The molecule has 1 heterocycles. The molecule has 0 saturated carbocycles. The summed E-state index contributed by atoms with van der Waals surface area (Å²) in [5, 5.41) is 0.590. The van der Waals surface area contributed by atoms with Crippen molar-refractivity contribution in [3.8, 4) is 50.3 Å². The topological polar surface area (TPSA) is 26.5 Å². The largest absolute Gasteiger partial charge is 0.479 e. The Bertz CT molecular complexity index is 2700. The standard InChI is InChI=1S/C57H50BrClN2O/c1-39-22-21-33-47(59)55(39)60-48(38-61-40(2)34-35-41(61)3)49(36-37-57(4,5)46-31-19-10-20-32-46)62-56-52(44-27-15-8-16-28-44)50(42-23-11-6-12-24-42)54(58)51(43-25-13-7-14-26-43)53(56)45-29-17-9-18-30-45/h6-37,49H,38H2,1-5H3/b37-36+,60-48?/t49-/m1/s1. The fraction of sp³-hybridized carbons (Fsp3) is 0.140. The van der Waals surface area contributed by atoms with Gasteiger partial charge in [-0.1, -0.05) is 195 Å². The van der Waals surface area contributed by atoms with Gasteiger partial charge in [0.15, 0.2) is 6.10 Å². The van der Waals surface area contributed by atoms with Crippen molar-refractivity contribution in [3.63, 3.8) is 0 Å². The quantitative estimate of drug-likeness (QED) is 0.0837. The van der Waals surface area contributed by atoms with Crippen molar-refractivity contribution < 1.29 is 4.74 Å². The normalized spacial score (nSPS) is 12.5. The van der Waals surface area contributed by atoms with Crippen LogP contribution in [0.5, 0.6) is 5.75 Å². The van der Waals surface area contributed by atoms with E-state index < -0.39 is 6.10 Å². The first-order chi connectivity index (χ1) is 30.1. The van der Waals surface area contributed by atoms with Gasteiger partial charge in [0.1, 0.15) is 5.75 Å². The monoisotopic (exact) mass is 892 g/mol. The fourth-order valence-electron chi connectivity index (χ4n) is 8.17. The SMILES string of the molecule is Cc1cccc(Cl)c1N=C(Cn1c(C)ccc1C)[C@@H](/C=C/C(C)(C)c1ccccc1)Oc1c(-c2ccccc2)c(-c2ccccc2)c(Br)c(-c2ccccc2)c1-c1ccccc1. The number of hydrogen-bond donors (Lipinski definition) is 0. The Kier molecular flexibility index (Phi) is 12.9. The number of aromatic nitrogens is 1. The first-order valence-corrected chi connectivity index (χ1v) is 22.3. The lowest BCUT2D eigenvalue weighted by molar-refractivity contribution is 0.310. The summed E-state index contributed by atoms with van der Waals surface area (Å²) in [7, 11) is 0. The summed E-state index contributed by atoms with van der Waals surface area (Å²) in [5.74, 6) is 0.750. The zero-order valence-corrected chi connectivity index (χ0v) is 38.2. The Hall–Kier alpha value is -6.20. The highest BCUT2D eigenvalue weighted by atomic mass is 79.9. The summed E-state index contributed by atoms with van der Waals surface area (Å²) in [6.45, 7) is 11.3. The average molecular weight is 894 g/mol. The number of ether oxygens (including phenoxy) is 1. The minimum Gasteiger partial charge on any atom is -0.479 e. The van der Waals surface area contributed by atoms with Crippen LogP contribution in [0.3, 0.4) is 0 Å². The van der Waals surface area contributed by atoms with E-state index in [4.69, 9.17) is 21.3 Å². The van der Waals surface area contributed by atoms with Crippen LogP contribution in [0.25, 0.3) is 44.5 Å². The van der Waals surface area contributed by atoms with Crippen LogP contribution in [-0.2, 0) is 12.0 Å². The van der Waals surface area contributed by atoms with Crippen molar-refractivity contribution in [2.75, 3.05) is 0 Å². The molecule has 3 nitrogen and oxygen atoms in total. The van der Waals surface area contributed by atoms with Crippen LogP contribution in [0.4, 0.5) is 5.69 Å². The maximum atomic E-state index is 7.94. The first kappa shape index (κ1) is 42.5. The predicted octanol–water partition coefficient (Wildman–Crippen LogP) is 16.3. The minimum absolute atomic E-state index is 0.345. The molecule has 8 rings (SSSR count). The maximum Gasteiger partial charge on any atom is 0.157 e. The first-order valence-electron chi connectivity index (χ1n) is 21.1. The number of para-hydroxylation sites is 1. The number of benzene rings is 7. The summed E-state index contributed by atoms with van der Waals surface area (Å²) < 4.78 is 11.2. The number of nitrogens with zero attached hydrogens (tertiary/aromatic N) is 2. The lowest BCUT2D eigenvalue weighted by Gasteiger charge is -2.29. The number of allylic oxidation sites excluding steroid dienone is 1. The van der Waals surface area contributed by atoms with Crippen LogP contribution in [0.2, 0.25) is 5.02 Å². The van der Waals surface area contributed by atoms with Gasteiger partial charge in [0.05, 0.1) is 23.0 Å². The highest BCUT2D eigenvalue weighted by Crippen LogP contribution is 2.55. The molecule has 0 radical (unpaired) electrons. The van der Waals surface area contributed by atoms with Crippen molar-refractivity contribution >= 4 is 38.9 Å². The van der Waals surface area contributed by atoms with Crippen LogP contribution in [0.1, 0.15) is 36.4 Å². The second-order valence-electron chi connectivity index (χ2n) is 16.3. The van der Waals surface area contributed by atoms with Gasteiger partial charge in [-0.2, -0.15) is 0 Å². The van der Waals surface area contributed by atoms with Gasteiger partial charge in [0.2, 0.25) is 0 Å². The van der Waals surface area contributed by atoms with Crippen LogP contribution >= 0.6 is 27.5 Å². The van der Waals surface area contributed by atoms with Crippen LogP contribution in [-0.4, -0.2) is 16.4 Å². The molecule has 0 saturated heterocycles. The van der Waals surface area contributed by atoms with E-state index in [9.17, 15) is 0 Å². The lowest BCUT2D eigenvalue weighted by Crippen LogP contribution is -2.31. The van der Waals surface area contributed by atoms with Gasteiger partial charge < -0.3 is 9.30 Å². The summed E-state index contributed by atoms with van der Waals surface area (Å²) in [6, 6.07) is 63.3. The van der Waals surface area contributed by atoms with Crippen molar-refractivity contribution in [1.29, 1.82) is 0 Å². The Morgan fingerprint density at radius 3 is 1.48 bits per heavy atom. The third-order valence-corrected chi connectivity index (χ3v) is 12.7. The van der Waals surface area contributed by atoms with E-state index in [2.05, 4.69) is 237 Å². The predicted molar refractivity (Wildman–Crippen MR) is 266 cm³/mol. The molecule has 0 aliphatic carbocycles. The molecule has 1 atom stereocenters. The Balaban J connectivity index is 1.50. The molecule has 0 amide bonds. The second kappa shape index (κ2) is 18.8. The average Bonchev–Trinajstić information content (AvgIpc) is 3.62. The maximum absolute atomic E-state index is 7.94. The van der Waals surface area contributed by atoms with Crippen molar-refractivity contribution in [1.82, 2.24) is 4.57 Å². The summed E-state index contributed by atoms with van der Waals surface area (Å²) in [5.41, 5.74) is 13.9. The van der Waals surface area contributed by atoms with E-state index in [-0.39, 0.29) is 5.41 Å². The molecule has 7 aromatic carbocycles. The van der Waals surface area contributed by atoms with E-state index >= 15 is 0 Å². The van der Waals surface area contributed by atoms with E-state index in [1.807, 2.05) is 12.1 Å². The minimum atomic E-state index is -0.659. The van der Waals surface area contributed by atoms with Gasteiger partial charge in [0, 0.05) is 43.5 Å². The highest BCUT2D eigenvalue weighted by molar-refractivity contribution is 9.10. The number of aryl methyl sites for hydroxylation is 3. The molecule has 0 spiro atoms. The number of hydrogen-bond acceptors (Lipinski definition) is 2. The molecule has 0 N–H and O–H groups in total. The van der Waals surface area contributed by atoms with Crippen molar-refractivity contribution in [2.24, 2.45) is 4.99 Å². The van der Waals surface area contributed by atoms with Gasteiger partial charge >= 0.3 is 0 Å². The van der Waals surface area contributed by atoms with Gasteiger partial charge in [-0.3, -0.25) is 0 Å². The number of halogens is 2. The second-order valence-corrected chi connectivity index (χ2v) is 17.5. The molecule has 308 valence electrons. The van der Waals surface area contributed by atoms with E-state index in [1.54, 1.807) is 0 Å². The van der Waals surface area contributed by atoms with Crippen molar-refractivity contribution in [2.45, 2.75) is 52.7 Å². The fourth-order valence-corrected chi connectivity index (χ4v) is 9.29. The number of aliphatic imine (C=N–C) groups is 1. The molecule has 0 unspecified atom stereocenters. The molecule has 0 aliphatic heterocycles. The molecule has 0 aliphatic rings. The van der Waals surface area contributed by atoms with Crippen molar-refractivity contribution in [3.05, 3.63) is 226 Å². The van der Waals surface area contributed by atoms with E-state index in [1.165, 1.54) is 5.56 Å². The zero-order valence-electron chi connectivity index (χ0n) is 35.8. The molecular weight excluding hydrogens is 844 g/mol. The van der Waals surface area contributed by atoms with Gasteiger partial charge in [0.25, 0.3) is 0 Å². The molecule has 0 fully saturated rings. The van der Waals surface area contributed by atoms with Crippen LogP contribution < -0.4 is 4.74 Å². The Morgan fingerprint density at radius 1 is 0.597 bits per heavy atom. The van der Waals surface area contributed by atoms with Crippen LogP contribution in [0, 0.1) is 20.8 Å². The van der Waals surface area contributed by atoms with Crippen LogP contribution in [0.15, 0.2) is 204 Å². The Labute approximate surface area is 380 Å². The Morgan fingerprint density at radius 2 is 1.03 bits per heavy atom. The van der Waals surface area contributed by atoms with Gasteiger partial charge in [-0.15, -0.1) is 0 Å². The zero-order chi connectivity index (χ0) is 43.2. The summed E-state index contributed by atoms with van der Waals surface area (Å²) >= 11 is 11.3. The molecule has 0 bridgehead atoms. The smallest absolute Gasteiger partial charge is 0.157 e. The van der Waals surface area contributed by atoms with E-state index in [0.29, 0.717) is 11.6 Å². The lowest BCUT2D eigenvalue weighted by atomic mass is 9.83. The third-order valence-electron chi connectivity index (χ3n) is 11.6. The molecular formula is C57H50BrClN2O. The summed E-state index contributed by atoms with van der Waals surface area (Å²) in [4.78, 5) is 5.55. The highest BCUT2D eigenvalue weighted by Gasteiger charge is 2.31. The molecule has 62 heavy (non-hydrogen) atoms. The van der Waals surface area contributed by atoms with Gasteiger partial charge in [-0.25, -0.2) is 4.99 Å². The summed E-state index contributed by atoms with van der Waals surface area (Å²) in [6.07, 6.45) is 3.83. The third kappa shape index (κ3) is 9.04. The molecule has 1 aromatic heterocycles. The molecule has 5 heteroatoms. The van der Waals surface area contributed by atoms with Gasteiger partial charge in [-0.05, 0) is 94.4 Å². The number of rotatable bonds is 13. The molecule has 8 aromatic rings. The van der Waals surface area contributed by atoms with E-state index in [0.717, 1.165) is 83.1 Å².